The van der Waals surface area contributed by atoms with Gasteiger partial charge in [0.15, 0.2) is 5.78 Å². The van der Waals surface area contributed by atoms with Crippen molar-refractivity contribution in [2.24, 2.45) is 21.1 Å². The molecule has 0 heterocycles. The molecular formula is C27H29BrN2O. The zero-order valence-corrected chi connectivity index (χ0v) is 20.6. The van der Waals surface area contributed by atoms with Crippen LogP contribution in [0.15, 0.2) is 98.2 Å². The molecule has 0 saturated heterocycles. The lowest BCUT2D eigenvalue weighted by Gasteiger charge is -2.31. The van der Waals surface area contributed by atoms with Crippen LogP contribution in [0.2, 0.25) is 0 Å². The van der Waals surface area contributed by atoms with Crippen LogP contribution in [0.4, 0.5) is 5.69 Å². The van der Waals surface area contributed by atoms with Crippen LogP contribution >= 0.6 is 15.9 Å². The van der Waals surface area contributed by atoms with E-state index in [1.807, 2.05) is 66.7 Å². The second kappa shape index (κ2) is 8.88. The highest BCUT2D eigenvalue weighted by molar-refractivity contribution is 9.10. The van der Waals surface area contributed by atoms with E-state index in [2.05, 4.69) is 67.7 Å². The third kappa shape index (κ3) is 5.56. The zero-order chi connectivity index (χ0) is 22.8. The van der Waals surface area contributed by atoms with Gasteiger partial charge >= 0.3 is 0 Å². The van der Waals surface area contributed by atoms with Crippen LogP contribution in [-0.4, -0.2) is 5.78 Å². The van der Waals surface area contributed by atoms with Crippen LogP contribution in [0.3, 0.4) is 0 Å². The van der Waals surface area contributed by atoms with Gasteiger partial charge < -0.3 is 0 Å². The van der Waals surface area contributed by atoms with Crippen molar-refractivity contribution >= 4 is 33.1 Å². The van der Waals surface area contributed by atoms with Crippen molar-refractivity contribution in [2.45, 2.75) is 41.5 Å². The lowest BCUT2D eigenvalue weighted by atomic mass is 9.71. The third-order valence-electron chi connectivity index (χ3n) is 5.12. The summed E-state index contributed by atoms with van der Waals surface area (Å²) in [5.41, 5.74) is 4.41. The molecule has 160 valence electrons. The van der Waals surface area contributed by atoms with Gasteiger partial charge in [0.05, 0.1) is 5.69 Å². The second-order valence-electron chi connectivity index (χ2n) is 9.79. The number of rotatable bonds is 3. The maximum Gasteiger partial charge on any atom is 0.186 e. The number of carbonyl (C=O) groups is 1. The first kappa shape index (κ1) is 23.1. The van der Waals surface area contributed by atoms with Crippen molar-refractivity contribution in [1.29, 1.82) is 0 Å². The molecule has 1 aliphatic carbocycles. The first-order valence-corrected chi connectivity index (χ1v) is 11.2. The van der Waals surface area contributed by atoms with Crippen LogP contribution in [0.1, 0.15) is 47.1 Å². The maximum atomic E-state index is 13.3. The molecule has 0 fully saturated rings. The standard InChI is InChI=1S/C27H29BrN2O/c1-26(2,3)22-16-19(17-23(25(22)31)27(4,5)6)24(18-10-8-7-9-11-18)30-29-21-14-12-20(28)13-15-21/h7-17H,1-6H3. The van der Waals surface area contributed by atoms with Crippen LogP contribution in [0, 0.1) is 10.8 Å². The van der Waals surface area contributed by atoms with Gasteiger partial charge in [-0.25, -0.2) is 0 Å². The molecule has 0 aliphatic heterocycles. The molecule has 0 radical (unpaired) electrons. The van der Waals surface area contributed by atoms with Gasteiger partial charge in [0.1, 0.15) is 5.70 Å². The maximum absolute atomic E-state index is 13.3. The molecule has 0 bridgehead atoms. The summed E-state index contributed by atoms with van der Waals surface area (Å²) >= 11 is 3.45. The molecule has 4 heteroatoms. The zero-order valence-electron chi connectivity index (χ0n) is 19.0. The number of halogens is 1. The van der Waals surface area contributed by atoms with Gasteiger partial charge in [0.2, 0.25) is 0 Å². The van der Waals surface area contributed by atoms with Crippen molar-refractivity contribution in [3.05, 3.63) is 93.5 Å². The van der Waals surface area contributed by atoms with Gasteiger partial charge in [-0.1, -0.05) is 87.8 Å². The Hall–Kier alpha value is -2.59. The summed E-state index contributed by atoms with van der Waals surface area (Å²) in [6.07, 6.45) is 3.97. The molecule has 0 unspecified atom stereocenters. The van der Waals surface area contributed by atoms with Crippen LogP contribution in [-0.2, 0) is 4.79 Å². The molecule has 3 rings (SSSR count). The van der Waals surface area contributed by atoms with Crippen molar-refractivity contribution in [2.75, 3.05) is 0 Å². The van der Waals surface area contributed by atoms with E-state index in [9.17, 15) is 4.79 Å². The lowest BCUT2D eigenvalue weighted by Crippen LogP contribution is -2.28. The van der Waals surface area contributed by atoms with Crippen molar-refractivity contribution in [3.8, 4) is 0 Å². The first-order chi connectivity index (χ1) is 14.5. The number of ketones is 1. The molecule has 3 nitrogen and oxygen atoms in total. The van der Waals surface area contributed by atoms with Crippen LogP contribution < -0.4 is 0 Å². The predicted octanol–water partition coefficient (Wildman–Crippen LogP) is 8.47. The summed E-state index contributed by atoms with van der Waals surface area (Å²) in [5.74, 6) is 0.112. The van der Waals surface area contributed by atoms with E-state index in [1.54, 1.807) is 0 Å². The molecule has 31 heavy (non-hydrogen) atoms. The van der Waals surface area contributed by atoms with Gasteiger partial charge in [-0.3, -0.25) is 4.79 Å². The Balaban J connectivity index is 2.25. The summed E-state index contributed by atoms with van der Waals surface area (Å²) in [4.78, 5) is 13.3. The van der Waals surface area contributed by atoms with Crippen LogP contribution in [0.5, 0.6) is 0 Å². The quantitative estimate of drug-likeness (QED) is 0.409. The molecule has 0 atom stereocenters. The van der Waals surface area contributed by atoms with E-state index in [4.69, 9.17) is 0 Å². The summed E-state index contributed by atoms with van der Waals surface area (Å²) in [6.45, 7) is 12.4. The monoisotopic (exact) mass is 476 g/mol. The fourth-order valence-electron chi connectivity index (χ4n) is 3.37. The average Bonchev–Trinajstić information content (AvgIpc) is 2.69. The van der Waals surface area contributed by atoms with Crippen molar-refractivity contribution in [1.82, 2.24) is 0 Å². The fraction of sp³-hybridized carbons (Fsp3) is 0.296. The van der Waals surface area contributed by atoms with Crippen molar-refractivity contribution < 1.29 is 4.79 Å². The molecule has 0 N–H and O–H groups in total. The number of hydrogen-bond donors (Lipinski definition) is 0. The molecular weight excluding hydrogens is 448 g/mol. The van der Waals surface area contributed by atoms with E-state index < -0.39 is 0 Å². The number of Topliss-reactive ketones (excluding diaryl/α,β-unsaturated/α-hetero) is 1. The Labute approximate surface area is 193 Å². The summed E-state index contributed by atoms with van der Waals surface area (Å²) < 4.78 is 0.995. The van der Waals surface area contributed by atoms with Crippen molar-refractivity contribution in [3.63, 3.8) is 0 Å². The second-order valence-corrected chi connectivity index (χ2v) is 10.7. The number of benzene rings is 2. The molecule has 1 aliphatic rings. The molecule has 0 spiro atoms. The number of azo groups is 1. The minimum absolute atomic E-state index is 0.112. The highest BCUT2D eigenvalue weighted by atomic mass is 79.9. The van der Waals surface area contributed by atoms with Gasteiger partial charge in [0, 0.05) is 26.8 Å². The lowest BCUT2D eigenvalue weighted by molar-refractivity contribution is -0.114. The van der Waals surface area contributed by atoms with Gasteiger partial charge in [-0.15, -0.1) is 5.11 Å². The summed E-state index contributed by atoms with van der Waals surface area (Å²) in [5, 5.41) is 9.16. The smallest absolute Gasteiger partial charge is 0.186 e. The average molecular weight is 477 g/mol. The van der Waals surface area contributed by atoms with E-state index in [0.29, 0.717) is 0 Å². The predicted molar refractivity (Wildman–Crippen MR) is 132 cm³/mol. The number of carbonyl (C=O) groups excluding carboxylic acids is 1. The molecule has 0 amide bonds. The summed E-state index contributed by atoms with van der Waals surface area (Å²) in [7, 11) is 0. The topological polar surface area (TPSA) is 41.8 Å². The number of allylic oxidation sites excluding steroid dienone is 5. The Morgan fingerprint density at radius 2 is 1.29 bits per heavy atom. The minimum atomic E-state index is -0.280. The SMILES string of the molecule is CC(C)(C)C1=CC(=C(N=Nc2ccc(Br)cc2)c2ccccc2)C=C(C(C)(C)C)C1=O. The highest BCUT2D eigenvalue weighted by Gasteiger charge is 2.34. The normalized spacial score (nSPS) is 15.2. The Morgan fingerprint density at radius 3 is 1.77 bits per heavy atom. The molecule has 0 aromatic heterocycles. The largest absolute Gasteiger partial charge is 0.289 e. The van der Waals surface area contributed by atoms with Crippen LogP contribution in [0.25, 0.3) is 5.70 Å². The molecule has 2 aromatic carbocycles. The first-order valence-electron chi connectivity index (χ1n) is 10.4. The fourth-order valence-corrected chi connectivity index (χ4v) is 3.64. The minimum Gasteiger partial charge on any atom is -0.289 e. The number of nitrogens with zero attached hydrogens (tertiary/aromatic N) is 2. The number of hydrogen-bond acceptors (Lipinski definition) is 3. The molecule has 2 aromatic rings. The van der Waals surface area contributed by atoms with Gasteiger partial charge in [0.25, 0.3) is 0 Å². The Morgan fingerprint density at radius 1 is 0.774 bits per heavy atom. The van der Waals surface area contributed by atoms with Gasteiger partial charge in [-0.05, 0) is 47.2 Å². The highest BCUT2D eigenvalue weighted by Crippen LogP contribution is 2.41. The van der Waals surface area contributed by atoms with E-state index in [1.165, 1.54) is 0 Å². The van der Waals surface area contributed by atoms with E-state index in [-0.39, 0.29) is 16.6 Å². The van der Waals surface area contributed by atoms with E-state index >= 15 is 0 Å². The van der Waals surface area contributed by atoms with E-state index in [0.717, 1.165) is 38.1 Å². The molecule has 0 saturated carbocycles. The third-order valence-corrected chi connectivity index (χ3v) is 5.65. The Kier molecular flexibility index (Phi) is 6.61. The van der Waals surface area contributed by atoms with Gasteiger partial charge in [-0.2, -0.15) is 5.11 Å². The Bertz CT molecular complexity index is 1050. The summed E-state index contributed by atoms with van der Waals surface area (Å²) in [6, 6.07) is 17.7.